The van der Waals surface area contributed by atoms with Gasteiger partial charge in [0.2, 0.25) is 12.7 Å². The number of hydrogen-bond donors (Lipinski definition) is 2. The summed E-state index contributed by atoms with van der Waals surface area (Å²) in [5.74, 6) is 1.04. The van der Waals surface area contributed by atoms with Crippen LogP contribution >= 0.6 is 11.3 Å². The Morgan fingerprint density at radius 1 is 1.28 bits per heavy atom. The SMILES string of the molecule is Cc1ccc(-c2noc(N)c2C(=O)NCc2ccc3c(c2)OCO3)s1. The molecule has 0 radical (unpaired) electrons. The molecule has 0 spiro atoms. The maximum absolute atomic E-state index is 12.6. The predicted molar refractivity (Wildman–Crippen MR) is 92.7 cm³/mol. The predicted octanol–water partition coefficient (Wildman–Crippen LogP) is 2.95. The van der Waals surface area contributed by atoms with Crippen LogP contribution in [0.15, 0.2) is 34.9 Å². The summed E-state index contributed by atoms with van der Waals surface area (Å²) < 4.78 is 15.6. The van der Waals surface area contributed by atoms with E-state index in [1.54, 1.807) is 0 Å². The van der Waals surface area contributed by atoms with E-state index < -0.39 is 0 Å². The van der Waals surface area contributed by atoms with Gasteiger partial charge in [0.1, 0.15) is 11.3 Å². The molecule has 0 saturated heterocycles. The molecular weight excluding hydrogens is 342 g/mol. The quantitative estimate of drug-likeness (QED) is 0.745. The summed E-state index contributed by atoms with van der Waals surface area (Å²) in [6, 6.07) is 9.37. The molecule has 25 heavy (non-hydrogen) atoms. The third kappa shape index (κ3) is 2.91. The highest BCUT2D eigenvalue weighted by Gasteiger charge is 2.23. The van der Waals surface area contributed by atoms with Crippen molar-refractivity contribution in [1.29, 1.82) is 0 Å². The van der Waals surface area contributed by atoms with Gasteiger partial charge in [0.15, 0.2) is 11.5 Å². The van der Waals surface area contributed by atoms with Crippen LogP contribution in [-0.4, -0.2) is 17.9 Å². The largest absolute Gasteiger partial charge is 0.454 e. The minimum absolute atomic E-state index is 0.00393. The standard InChI is InChI=1S/C17H15N3O4S/c1-9-2-5-13(25-9)15-14(16(18)24-20-15)17(21)19-7-10-3-4-11-12(6-10)23-8-22-11/h2-6H,7-8,18H2,1H3,(H,19,21). The number of aromatic nitrogens is 1. The zero-order valence-corrected chi connectivity index (χ0v) is 14.2. The van der Waals surface area contributed by atoms with Crippen LogP contribution in [0.3, 0.4) is 0 Å². The maximum Gasteiger partial charge on any atom is 0.259 e. The van der Waals surface area contributed by atoms with E-state index in [1.165, 1.54) is 11.3 Å². The van der Waals surface area contributed by atoms with E-state index >= 15 is 0 Å². The van der Waals surface area contributed by atoms with Gasteiger partial charge in [-0.25, -0.2) is 0 Å². The first-order chi connectivity index (χ1) is 12.1. The van der Waals surface area contributed by atoms with E-state index in [2.05, 4.69) is 10.5 Å². The van der Waals surface area contributed by atoms with Crippen LogP contribution in [0, 0.1) is 6.92 Å². The Hall–Kier alpha value is -3.00. The summed E-state index contributed by atoms with van der Waals surface area (Å²) in [5.41, 5.74) is 7.41. The molecular formula is C17H15N3O4S. The summed E-state index contributed by atoms with van der Waals surface area (Å²) in [5, 5.41) is 6.78. The van der Waals surface area contributed by atoms with Crippen molar-refractivity contribution in [1.82, 2.24) is 10.5 Å². The Bertz CT molecular complexity index is 947. The number of nitrogen functional groups attached to an aromatic ring is 1. The summed E-state index contributed by atoms with van der Waals surface area (Å²) in [6.07, 6.45) is 0. The molecule has 4 rings (SSSR count). The Morgan fingerprint density at radius 3 is 2.92 bits per heavy atom. The minimum atomic E-state index is -0.336. The number of benzene rings is 1. The first-order valence-corrected chi connectivity index (χ1v) is 8.42. The number of aryl methyl sites for hydroxylation is 1. The molecule has 3 aromatic rings. The number of amides is 1. The molecule has 1 aromatic carbocycles. The normalized spacial score (nSPS) is 12.4. The molecule has 0 fully saturated rings. The molecule has 0 bridgehead atoms. The number of nitrogens with two attached hydrogens (primary N) is 1. The third-order valence-corrected chi connectivity index (χ3v) is 4.82. The molecule has 128 valence electrons. The fourth-order valence-electron chi connectivity index (χ4n) is 2.57. The molecule has 2 aromatic heterocycles. The molecule has 1 aliphatic rings. The molecule has 8 heteroatoms. The van der Waals surface area contributed by atoms with Gasteiger partial charge in [-0.2, -0.15) is 0 Å². The summed E-state index contributed by atoms with van der Waals surface area (Å²) in [6.45, 7) is 2.52. The zero-order valence-electron chi connectivity index (χ0n) is 13.4. The number of thiophene rings is 1. The van der Waals surface area contributed by atoms with Crippen LogP contribution in [-0.2, 0) is 6.54 Å². The lowest BCUT2D eigenvalue weighted by Gasteiger charge is -2.06. The van der Waals surface area contributed by atoms with Gasteiger partial charge in [-0.1, -0.05) is 11.2 Å². The summed E-state index contributed by atoms with van der Waals surface area (Å²) in [4.78, 5) is 14.5. The highest BCUT2D eigenvalue weighted by molar-refractivity contribution is 7.15. The van der Waals surface area contributed by atoms with E-state index in [0.717, 1.165) is 15.3 Å². The van der Waals surface area contributed by atoms with E-state index in [1.807, 2.05) is 37.3 Å². The van der Waals surface area contributed by atoms with Crippen LogP contribution in [0.1, 0.15) is 20.8 Å². The number of carbonyl (C=O) groups is 1. The van der Waals surface area contributed by atoms with Crippen molar-refractivity contribution in [2.24, 2.45) is 0 Å². The average Bonchev–Trinajstić information content (AvgIpc) is 3.31. The Kier molecular flexibility index (Phi) is 3.81. The second kappa shape index (κ2) is 6.14. The van der Waals surface area contributed by atoms with Crippen LogP contribution < -0.4 is 20.5 Å². The van der Waals surface area contributed by atoms with Crippen molar-refractivity contribution in [3.05, 3.63) is 46.3 Å². The van der Waals surface area contributed by atoms with Gasteiger partial charge in [-0.3, -0.25) is 4.79 Å². The summed E-state index contributed by atoms with van der Waals surface area (Å²) >= 11 is 1.53. The van der Waals surface area contributed by atoms with Gasteiger partial charge in [-0.15, -0.1) is 11.3 Å². The number of fused-ring (bicyclic) bond motifs is 1. The second-order valence-electron chi connectivity index (χ2n) is 5.55. The fourth-order valence-corrected chi connectivity index (χ4v) is 3.43. The number of nitrogens with zero attached hydrogens (tertiary/aromatic N) is 1. The van der Waals surface area contributed by atoms with E-state index in [9.17, 15) is 4.79 Å². The number of carbonyl (C=O) groups excluding carboxylic acids is 1. The number of nitrogens with one attached hydrogen (secondary N) is 1. The number of hydrogen-bond acceptors (Lipinski definition) is 7. The monoisotopic (exact) mass is 357 g/mol. The molecule has 1 aliphatic heterocycles. The highest BCUT2D eigenvalue weighted by atomic mass is 32.1. The van der Waals surface area contributed by atoms with Gasteiger partial charge in [-0.05, 0) is 36.8 Å². The molecule has 0 unspecified atom stereocenters. The van der Waals surface area contributed by atoms with Crippen molar-refractivity contribution in [3.63, 3.8) is 0 Å². The molecule has 1 amide bonds. The van der Waals surface area contributed by atoms with Gasteiger partial charge < -0.3 is 25.0 Å². The van der Waals surface area contributed by atoms with Gasteiger partial charge in [0.25, 0.3) is 5.91 Å². The highest BCUT2D eigenvalue weighted by Crippen LogP contribution is 2.33. The first-order valence-electron chi connectivity index (χ1n) is 7.60. The van der Waals surface area contributed by atoms with E-state index in [4.69, 9.17) is 19.7 Å². The van der Waals surface area contributed by atoms with Gasteiger partial charge >= 0.3 is 0 Å². The molecule has 0 aliphatic carbocycles. The molecule has 0 atom stereocenters. The summed E-state index contributed by atoms with van der Waals surface area (Å²) in [7, 11) is 0. The zero-order chi connectivity index (χ0) is 17.4. The van der Waals surface area contributed by atoms with Gasteiger partial charge in [0.05, 0.1) is 4.88 Å². The van der Waals surface area contributed by atoms with Crippen molar-refractivity contribution in [3.8, 4) is 22.1 Å². The van der Waals surface area contributed by atoms with Crippen LogP contribution in [0.25, 0.3) is 10.6 Å². The van der Waals surface area contributed by atoms with Crippen LogP contribution in [0.4, 0.5) is 5.88 Å². The first kappa shape index (κ1) is 15.5. The second-order valence-corrected chi connectivity index (χ2v) is 6.84. The van der Waals surface area contributed by atoms with Crippen LogP contribution in [0.2, 0.25) is 0 Å². The van der Waals surface area contributed by atoms with Gasteiger partial charge in [0, 0.05) is 11.4 Å². The average molecular weight is 357 g/mol. The Balaban J connectivity index is 1.53. The lowest BCUT2D eigenvalue weighted by Crippen LogP contribution is -2.23. The smallest absolute Gasteiger partial charge is 0.259 e. The molecule has 3 N–H and O–H groups in total. The molecule has 3 heterocycles. The fraction of sp³-hybridized carbons (Fsp3) is 0.176. The lowest BCUT2D eigenvalue weighted by atomic mass is 10.1. The maximum atomic E-state index is 12.6. The van der Waals surface area contributed by atoms with Crippen molar-refractivity contribution in [2.75, 3.05) is 12.5 Å². The number of rotatable bonds is 4. The van der Waals surface area contributed by atoms with Crippen molar-refractivity contribution < 1.29 is 18.8 Å². The minimum Gasteiger partial charge on any atom is -0.454 e. The molecule has 7 nitrogen and oxygen atoms in total. The Morgan fingerprint density at radius 2 is 2.12 bits per heavy atom. The van der Waals surface area contributed by atoms with Crippen LogP contribution in [0.5, 0.6) is 11.5 Å². The number of ether oxygens (including phenoxy) is 2. The number of anilines is 1. The third-order valence-electron chi connectivity index (χ3n) is 3.81. The molecule has 0 saturated carbocycles. The van der Waals surface area contributed by atoms with Crippen molar-refractivity contribution in [2.45, 2.75) is 13.5 Å². The van der Waals surface area contributed by atoms with E-state index in [-0.39, 0.29) is 24.1 Å². The lowest BCUT2D eigenvalue weighted by molar-refractivity contribution is 0.0952. The van der Waals surface area contributed by atoms with Crippen molar-refractivity contribution >= 4 is 23.1 Å². The van der Waals surface area contributed by atoms with E-state index in [0.29, 0.717) is 23.7 Å². The Labute approximate surface area is 147 Å². The topological polar surface area (TPSA) is 99.6 Å².